The smallest absolute Gasteiger partial charge is 0.341 e. The third kappa shape index (κ3) is 8.04. The Morgan fingerprint density at radius 1 is 0.973 bits per heavy atom. The van der Waals surface area contributed by atoms with Gasteiger partial charge in [0.05, 0.1) is 0 Å². The number of carbonyl (C=O) groups excluding carboxylic acids is 2. The molecule has 2 aromatic rings. The van der Waals surface area contributed by atoms with E-state index in [1.807, 2.05) is 35.2 Å². The van der Waals surface area contributed by atoms with Gasteiger partial charge in [-0.1, -0.05) is 30.3 Å². The van der Waals surface area contributed by atoms with Crippen LogP contribution in [-0.2, 0) is 29.0 Å². The summed E-state index contributed by atoms with van der Waals surface area (Å²) in [5.74, 6) is 0.489. The lowest BCUT2D eigenvalue weighted by molar-refractivity contribution is -0.139. The number of Topliss-reactive ketones (excluding diaryl/α,β-unsaturated/α-hetero) is 1. The predicted molar refractivity (Wildman–Crippen MR) is 144 cm³/mol. The molecular weight excluding hydrogens is 492 g/mol. The van der Waals surface area contributed by atoms with Gasteiger partial charge in [0, 0.05) is 57.2 Å². The molecular formula is C29H37ClN2O5. The molecule has 0 unspecified atom stereocenters. The van der Waals surface area contributed by atoms with Crippen molar-refractivity contribution in [3.05, 3.63) is 64.7 Å². The number of rotatable bonds is 9. The topological polar surface area (TPSA) is 87.2 Å². The highest BCUT2D eigenvalue weighted by Crippen LogP contribution is 2.26. The number of hydrogen-bond donors (Lipinski definition) is 1. The molecule has 8 heteroatoms. The van der Waals surface area contributed by atoms with Crippen molar-refractivity contribution in [3.63, 3.8) is 0 Å². The molecule has 0 saturated carbocycles. The van der Waals surface area contributed by atoms with Crippen molar-refractivity contribution >= 4 is 30.1 Å². The van der Waals surface area contributed by atoms with Gasteiger partial charge < -0.3 is 14.7 Å². The number of amides is 1. The average molecular weight is 529 g/mol. The highest BCUT2D eigenvalue weighted by Gasteiger charge is 2.22. The summed E-state index contributed by atoms with van der Waals surface area (Å²) in [5.41, 5.74) is 4.32. The fourth-order valence-corrected chi connectivity index (χ4v) is 5.27. The Morgan fingerprint density at radius 3 is 2.38 bits per heavy atom. The molecule has 1 N–H and O–H groups in total. The van der Waals surface area contributed by atoms with Crippen molar-refractivity contribution in [2.24, 2.45) is 5.92 Å². The molecule has 1 saturated heterocycles. The lowest BCUT2D eigenvalue weighted by atomic mass is 9.89. The summed E-state index contributed by atoms with van der Waals surface area (Å²) in [6.45, 7) is 5.34. The van der Waals surface area contributed by atoms with Crippen molar-refractivity contribution < 1.29 is 24.2 Å². The van der Waals surface area contributed by atoms with Crippen molar-refractivity contribution in [2.45, 2.75) is 52.0 Å². The van der Waals surface area contributed by atoms with E-state index in [1.54, 1.807) is 6.92 Å². The van der Waals surface area contributed by atoms with E-state index in [-0.39, 0.29) is 30.7 Å². The summed E-state index contributed by atoms with van der Waals surface area (Å²) in [7, 11) is 0. The molecule has 200 valence electrons. The van der Waals surface area contributed by atoms with Gasteiger partial charge in [0.15, 0.2) is 12.4 Å². The number of fused-ring (bicyclic) bond motifs is 1. The maximum Gasteiger partial charge on any atom is 0.341 e. The van der Waals surface area contributed by atoms with Crippen LogP contribution in [0.5, 0.6) is 5.75 Å². The van der Waals surface area contributed by atoms with Crippen molar-refractivity contribution in [1.82, 2.24) is 9.80 Å². The minimum Gasteiger partial charge on any atom is -0.482 e. The van der Waals surface area contributed by atoms with Crippen LogP contribution in [0.1, 0.15) is 59.7 Å². The normalized spacial score (nSPS) is 16.3. The number of carbonyl (C=O) groups is 3. The van der Waals surface area contributed by atoms with E-state index in [0.717, 1.165) is 69.4 Å². The number of aliphatic carboxylic acids is 1. The third-order valence-electron chi connectivity index (χ3n) is 7.48. The van der Waals surface area contributed by atoms with Crippen LogP contribution in [0.25, 0.3) is 0 Å². The van der Waals surface area contributed by atoms with Crippen LogP contribution in [0.3, 0.4) is 0 Å². The van der Waals surface area contributed by atoms with Gasteiger partial charge in [-0.05, 0) is 61.3 Å². The Hall–Kier alpha value is -2.90. The van der Waals surface area contributed by atoms with Gasteiger partial charge in [0.1, 0.15) is 5.75 Å². The molecule has 4 rings (SSSR count). The SMILES string of the molecule is CC(=O)N1CCC(CCC(=O)c2ccc3c(c2)CCN(Cc2ccccc2OCC(=O)O)CC3)CC1.Cl. The van der Waals surface area contributed by atoms with Crippen LogP contribution in [0.15, 0.2) is 42.5 Å². The molecule has 1 fully saturated rings. The van der Waals surface area contributed by atoms with E-state index < -0.39 is 5.97 Å². The molecule has 2 heterocycles. The molecule has 1 amide bonds. The second kappa shape index (κ2) is 13.6. The van der Waals surface area contributed by atoms with Crippen molar-refractivity contribution in [3.8, 4) is 5.75 Å². The van der Waals surface area contributed by atoms with E-state index in [4.69, 9.17) is 9.84 Å². The average Bonchev–Trinajstić information content (AvgIpc) is 3.08. The maximum absolute atomic E-state index is 13.0. The van der Waals surface area contributed by atoms with Crippen molar-refractivity contribution in [1.29, 1.82) is 0 Å². The minimum absolute atomic E-state index is 0. The van der Waals surface area contributed by atoms with Crippen LogP contribution in [-0.4, -0.2) is 65.4 Å². The zero-order valence-electron chi connectivity index (χ0n) is 21.5. The second-order valence-corrected chi connectivity index (χ2v) is 9.96. The monoisotopic (exact) mass is 528 g/mol. The fraction of sp³-hybridized carbons (Fsp3) is 0.483. The third-order valence-corrected chi connectivity index (χ3v) is 7.48. The Morgan fingerprint density at radius 2 is 1.68 bits per heavy atom. The second-order valence-electron chi connectivity index (χ2n) is 9.96. The molecule has 0 spiro atoms. The summed E-state index contributed by atoms with van der Waals surface area (Å²) in [5, 5.41) is 8.94. The van der Waals surface area contributed by atoms with Gasteiger partial charge in [-0.3, -0.25) is 14.5 Å². The Labute approximate surface area is 225 Å². The predicted octanol–water partition coefficient (Wildman–Crippen LogP) is 4.39. The molecule has 0 bridgehead atoms. The number of carboxylic acids is 1. The Bertz CT molecular complexity index is 1100. The zero-order valence-corrected chi connectivity index (χ0v) is 22.3. The summed E-state index contributed by atoms with van der Waals surface area (Å²) in [4.78, 5) is 39.6. The number of ketones is 1. The zero-order chi connectivity index (χ0) is 25.5. The number of hydrogen-bond acceptors (Lipinski definition) is 5. The number of carboxylic acid groups (broad SMARTS) is 1. The number of piperidine rings is 1. The highest BCUT2D eigenvalue weighted by atomic mass is 35.5. The largest absolute Gasteiger partial charge is 0.482 e. The summed E-state index contributed by atoms with van der Waals surface area (Å²) < 4.78 is 5.48. The van der Waals surface area contributed by atoms with Gasteiger partial charge in [-0.15, -0.1) is 12.4 Å². The standard InChI is InChI=1S/C29H36N2O5.ClH/c1-21(32)31-16-10-22(11-17-31)6-9-27(33)25-8-7-23-12-14-30(15-13-24(23)18-25)19-26-4-2-3-5-28(26)36-20-29(34)35;/h2-5,7-8,18,22H,6,9-17,19-20H2,1H3,(H,34,35);1H. The molecule has 7 nitrogen and oxygen atoms in total. The molecule has 0 radical (unpaired) electrons. The van der Waals surface area contributed by atoms with Gasteiger partial charge in [0.25, 0.3) is 0 Å². The van der Waals surface area contributed by atoms with Gasteiger partial charge in [-0.2, -0.15) is 0 Å². The Balaban J connectivity index is 0.00000380. The first-order chi connectivity index (χ1) is 17.4. The van der Waals surface area contributed by atoms with Gasteiger partial charge in [0.2, 0.25) is 5.91 Å². The lowest BCUT2D eigenvalue weighted by Gasteiger charge is -2.31. The van der Waals surface area contributed by atoms with Gasteiger partial charge in [-0.25, -0.2) is 4.79 Å². The number of benzene rings is 2. The van der Waals surface area contributed by atoms with E-state index in [9.17, 15) is 14.4 Å². The molecule has 0 aliphatic carbocycles. The van der Waals surface area contributed by atoms with Gasteiger partial charge >= 0.3 is 5.97 Å². The van der Waals surface area contributed by atoms with Crippen LogP contribution in [0.2, 0.25) is 0 Å². The lowest BCUT2D eigenvalue weighted by Crippen LogP contribution is -2.37. The van der Waals surface area contributed by atoms with Crippen LogP contribution in [0, 0.1) is 5.92 Å². The summed E-state index contributed by atoms with van der Waals surface area (Å²) in [6, 6.07) is 13.8. The number of ether oxygens (including phenoxy) is 1. The molecule has 0 atom stereocenters. The summed E-state index contributed by atoms with van der Waals surface area (Å²) in [6.07, 6.45) is 5.20. The molecule has 2 aliphatic heterocycles. The van der Waals surface area contributed by atoms with Crippen LogP contribution in [0.4, 0.5) is 0 Å². The number of para-hydroxylation sites is 1. The van der Waals surface area contributed by atoms with Crippen LogP contribution < -0.4 is 4.74 Å². The number of likely N-dealkylation sites (tertiary alicyclic amines) is 1. The Kier molecular flexibility index (Phi) is 10.5. The fourth-order valence-electron chi connectivity index (χ4n) is 5.27. The summed E-state index contributed by atoms with van der Waals surface area (Å²) >= 11 is 0. The van der Waals surface area contributed by atoms with E-state index in [1.165, 1.54) is 11.1 Å². The molecule has 0 aromatic heterocycles. The van der Waals surface area contributed by atoms with E-state index in [0.29, 0.717) is 24.6 Å². The maximum atomic E-state index is 13.0. The number of nitrogens with zero attached hydrogens (tertiary/aromatic N) is 2. The van der Waals surface area contributed by atoms with E-state index >= 15 is 0 Å². The molecule has 2 aliphatic rings. The van der Waals surface area contributed by atoms with Crippen LogP contribution >= 0.6 is 12.4 Å². The first-order valence-corrected chi connectivity index (χ1v) is 12.9. The quantitative estimate of drug-likeness (QED) is 0.486. The minimum atomic E-state index is -0.987. The molecule has 2 aromatic carbocycles. The first-order valence-electron chi connectivity index (χ1n) is 12.9. The van der Waals surface area contributed by atoms with Crippen molar-refractivity contribution in [2.75, 3.05) is 32.8 Å². The first kappa shape index (κ1) is 28.7. The van der Waals surface area contributed by atoms with E-state index in [2.05, 4.69) is 17.0 Å². The molecule has 37 heavy (non-hydrogen) atoms. The highest BCUT2D eigenvalue weighted by molar-refractivity contribution is 5.96. The number of halogens is 1.